The van der Waals surface area contributed by atoms with Crippen molar-refractivity contribution in [1.82, 2.24) is 0 Å². The summed E-state index contributed by atoms with van der Waals surface area (Å²) in [5.41, 5.74) is 1.62. The van der Waals surface area contributed by atoms with Crippen LogP contribution in [-0.4, -0.2) is 5.11 Å². The second-order valence-electron chi connectivity index (χ2n) is 2.55. The van der Waals surface area contributed by atoms with E-state index in [1.54, 1.807) is 12.1 Å². The van der Waals surface area contributed by atoms with Gasteiger partial charge in [-0.1, -0.05) is 11.6 Å². The molecule has 0 saturated carbocycles. The zero-order chi connectivity index (χ0) is 8.55. The molecule has 1 heterocycles. The van der Waals surface area contributed by atoms with Gasteiger partial charge in [0.1, 0.15) is 6.61 Å². The van der Waals surface area contributed by atoms with Crippen LogP contribution in [0.2, 0.25) is 5.02 Å². The zero-order valence-corrected chi connectivity index (χ0v) is 6.97. The molecule has 0 unspecified atom stereocenters. The lowest BCUT2D eigenvalue weighted by atomic mass is 10.1. The van der Waals surface area contributed by atoms with Crippen LogP contribution in [0.1, 0.15) is 11.1 Å². The number of aliphatic hydroxyl groups excluding tert-OH is 1. The Morgan fingerprint density at radius 3 is 3.08 bits per heavy atom. The van der Waals surface area contributed by atoms with E-state index in [0.717, 1.165) is 5.56 Å². The lowest BCUT2D eigenvalue weighted by Gasteiger charge is -2.01. The molecule has 1 aliphatic rings. The van der Waals surface area contributed by atoms with Crippen molar-refractivity contribution in [1.29, 1.82) is 0 Å². The maximum absolute atomic E-state index is 8.88. The molecule has 0 fully saturated rings. The molecule has 2 rings (SSSR count). The highest BCUT2D eigenvalue weighted by Gasteiger charge is 2.16. The van der Waals surface area contributed by atoms with Crippen molar-refractivity contribution in [3.63, 3.8) is 0 Å². The Bertz CT molecular complexity index is 311. The van der Waals surface area contributed by atoms with E-state index in [0.29, 0.717) is 22.9 Å². The van der Waals surface area contributed by atoms with Crippen molar-refractivity contribution in [3.8, 4) is 5.75 Å². The van der Waals surface area contributed by atoms with Crippen molar-refractivity contribution >= 4 is 11.6 Å². The third-order valence-electron chi connectivity index (χ3n) is 1.76. The molecule has 1 aromatic carbocycles. The molecule has 0 aromatic heterocycles. The smallest absolute Gasteiger partial charge is 0.172 e. The van der Waals surface area contributed by atoms with Crippen LogP contribution in [0.4, 0.5) is 0 Å². The Balaban J connectivity index is 2.49. The van der Waals surface area contributed by atoms with Gasteiger partial charge in [-0.25, -0.2) is 0 Å². The van der Waals surface area contributed by atoms with Crippen molar-refractivity contribution in [2.45, 2.75) is 13.2 Å². The Morgan fingerprint density at radius 1 is 1.50 bits per heavy atom. The Hall–Kier alpha value is -0.770. The van der Waals surface area contributed by atoms with E-state index in [1.165, 1.54) is 0 Å². The van der Waals surface area contributed by atoms with Crippen LogP contribution in [0.3, 0.4) is 0 Å². The average Bonchev–Trinajstić information content (AvgIpc) is 2.49. The summed E-state index contributed by atoms with van der Waals surface area (Å²) in [6.45, 7) is 0.353. The molecule has 0 aliphatic carbocycles. The summed E-state index contributed by atoms with van der Waals surface area (Å²) in [4.78, 5) is 9.54. The lowest BCUT2D eigenvalue weighted by Crippen LogP contribution is -1.87. The fraction of sp³-hybridized carbons (Fsp3) is 0.250. The van der Waals surface area contributed by atoms with Crippen molar-refractivity contribution in [2.75, 3.05) is 0 Å². The van der Waals surface area contributed by atoms with Gasteiger partial charge < -0.3 is 9.99 Å². The number of rotatable bonds is 1. The van der Waals surface area contributed by atoms with Gasteiger partial charge in [0, 0.05) is 16.7 Å². The molecule has 0 atom stereocenters. The third-order valence-corrected chi connectivity index (χ3v) is 2.11. The first-order chi connectivity index (χ1) is 5.81. The third kappa shape index (κ3) is 1.16. The highest BCUT2D eigenvalue weighted by atomic mass is 35.5. The van der Waals surface area contributed by atoms with Crippen molar-refractivity contribution < 1.29 is 14.9 Å². The van der Waals surface area contributed by atoms with Crippen LogP contribution in [0.15, 0.2) is 12.1 Å². The van der Waals surface area contributed by atoms with E-state index in [1.807, 2.05) is 0 Å². The Labute approximate surface area is 74.4 Å². The van der Waals surface area contributed by atoms with Gasteiger partial charge in [0.2, 0.25) is 0 Å². The van der Waals surface area contributed by atoms with Crippen LogP contribution in [0, 0.1) is 0 Å². The molecule has 3 nitrogen and oxygen atoms in total. The van der Waals surface area contributed by atoms with Crippen LogP contribution in [-0.2, 0) is 18.1 Å². The molecule has 0 spiro atoms. The maximum atomic E-state index is 8.88. The summed E-state index contributed by atoms with van der Waals surface area (Å²) >= 11 is 5.81. The van der Waals surface area contributed by atoms with Gasteiger partial charge in [0.05, 0.1) is 6.61 Å². The SMILES string of the molecule is OCc1cc2c(cc1Cl)OOC2. The summed E-state index contributed by atoms with van der Waals surface area (Å²) in [5.74, 6) is 0.636. The van der Waals surface area contributed by atoms with Gasteiger partial charge in [-0.3, -0.25) is 0 Å². The van der Waals surface area contributed by atoms with E-state index in [-0.39, 0.29) is 6.61 Å². The van der Waals surface area contributed by atoms with Crippen LogP contribution < -0.4 is 4.89 Å². The van der Waals surface area contributed by atoms with E-state index in [9.17, 15) is 0 Å². The first-order valence-corrected chi connectivity index (χ1v) is 3.90. The molecule has 1 aliphatic heterocycles. The van der Waals surface area contributed by atoms with Gasteiger partial charge in [0.15, 0.2) is 5.75 Å². The van der Waals surface area contributed by atoms with Crippen molar-refractivity contribution in [2.24, 2.45) is 0 Å². The summed E-state index contributed by atoms with van der Waals surface area (Å²) in [6.07, 6.45) is 0. The molecule has 0 radical (unpaired) electrons. The number of aliphatic hydroxyl groups is 1. The van der Waals surface area contributed by atoms with Gasteiger partial charge in [-0.2, -0.15) is 4.89 Å². The van der Waals surface area contributed by atoms with Crippen LogP contribution >= 0.6 is 11.6 Å². The highest BCUT2D eigenvalue weighted by Crippen LogP contribution is 2.31. The minimum atomic E-state index is -0.0634. The number of halogens is 1. The minimum Gasteiger partial charge on any atom is -0.392 e. The predicted molar refractivity (Wildman–Crippen MR) is 42.8 cm³/mol. The first kappa shape index (κ1) is 7.86. The molecule has 0 amide bonds. The van der Waals surface area contributed by atoms with E-state index < -0.39 is 0 Å². The predicted octanol–water partition coefficient (Wildman–Crippen LogP) is 1.66. The van der Waals surface area contributed by atoms with Gasteiger partial charge >= 0.3 is 0 Å². The van der Waals surface area contributed by atoms with E-state index in [4.69, 9.17) is 26.5 Å². The quantitative estimate of drug-likeness (QED) is 0.678. The number of fused-ring (bicyclic) bond motifs is 1. The normalized spacial score (nSPS) is 14.2. The maximum Gasteiger partial charge on any atom is 0.172 e. The first-order valence-electron chi connectivity index (χ1n) is 3.53. The Morgan fingerprint density at radius 2 is 2.33 bits per heavy atom. The van der Waals surface area contributed by atoms with Crippen molar-refractivity contribution in [3.05, 3.63) is 28.3 Å². The molecule has 12 heavy (non-hydrogen) atoms. The second kappa shape index (κ2) is 2.94. The molecule has 64 valence electrons. The van der Waals surface area contributed by atoms with Gasteiger partial charge in [-0.05, 0) is 11.6 Å². The fourth-order valence-electron chi connectivity index (χ4n) is 1.12. The van der Waals surface area contributed by atoms with E-state index in [2.05, 4.69) is 0 Å². The van der Waals surface area contributed by atoms with Crippen LogP contribution in [0.5, 0.6) is 5.75 Å². The highest BCUT2D eigenvalue weighted by molar-refractivity contribution is 6.31. The zero-order valence-electron chi connectivity index (χ0n) is 6.21. The lowest BCUT2D eigenvalue weighted by molar-refractivity contribution is -0.194. The minimum absolute atomic E-state index is 0.0634. The molecular weight excluding hydrogens is 180 g/mol. The monoisotopic (exact) mass is 186 g/mol. The summed E-state index contributed by atoms with van der Waals surface area (Å²) < 4.78 is 0. The molecule has 1 N–H and O–H groups in total. The summed E-state index contributed by atoms with van der Waals surface area (Å²) in [5, 5.41) is 9.39. The van der Waals surface area contributed by atoms with E-state index >= 15 is 0 Å². The van der Waals surface area contributed by atoms with Crippen LogP contribution in [0.25, 0.3) is 0 Å². The number of hydrogen-bond donors (Lipinski definition) is 1. The number of benzene rings is 1. The second-order valence-corrected chi connectivity index (χ2v) is 2.96. The fourth-order valence-corrected chi connectivity index (χ4v) is 1.33. The molecule has 4 heteroatoms. The standard InChI is InChI=1S/C8H7ClO3/c9-7-2-8-6(4-11-12-8)1-5(7)3-10/h1-2,10H,3-4H2. The Kier molecular flexibility index (Phi) is 1.92. The molecule has 0 bridgehead atoms. The average molecular weight is 187 g/mol. The summed E-state index contributed by atoms with van der Waals surface area (Å²) in [6, 6.07) is 3.43. The largest absolute Gasteiger partial charge is 0.392 e. The van der Waals surface area contributed by atoms with Gasteiger partial charge in [0.25, 0.3) is 0 Å². The van der Waals surface area contributed by atoms with Gasteiger partial charge in [-0.15, -0.1) is 0 Å². The number of hydrogen-bond acceptors (Lipinski definition) is 3. The molecule has 0 saturated heterocycles. The summed E-state index contributed by atoms with van der Waals surface area (Å²) in [7, 11) is 0. The molecular formula is C8H7ClO3. The molecule has 1 aromatic rings. The topological polar surface area (TPSA) is 38.7 Å².